The molecule has 2 rings (SSSR count). The third-order valence-corrected chi connectivity index (χ3v) is 3.17. The fourth-order valence-electron chi connectivity index (χ4n) is 1.62. The number of thiazole rings is 1. The molecule has 1 atom stereocenters. The quantitative estimate of drug-likeness (QED) is 0.770. The van der Waals surface area contributed by atoms with Gasteiger partial charge < -0.3 is 5.11 Å². The Bertz CT molecular complexity index is 287. The summed E-state index contributed by atoms with van der Waals surface area (Å²) in [5, 5.41) is 10.5. The molecule has 0 aromatic carbocycles. The number of aliphatic hydroxyl groups is 1. The number of β-amino-alcohol motifs (C(OH)–C–C–N with tert-alkyl or cyclic N) is 1. The molecule has 0 amide bonds. The number of nitrogens with zero attached hydrogens (tertiary/aromatic N) is 2. The second-order valence-corrected chi connectivity index (χ2v) is 4.86. The maximum Gasteiger partial charge on any atom is 0.107 e. The minimum absolute atomic E-state index is 0.124. The van der Waals surface area contributed by atoms with E-state index in [-0.39, 0.29) is 6.10 Å². The molecule has 0 spiro atoms. The fourth-order valence-corrected chi connectivity index (χ4v) is 2.45. The zero-order chi connectivity index (χ0) is 9.26. The molecule has 2 heterocycles. The molecular weight excluding hydrogens is 184 g/mol. The van der Waals surface area contributed by atoms with Crippen LogP contribution in [0.4, 0.5) is 0 Å². The Morgan fingerprint density at radius 2 is 2.62 bits per heavy atom. The van der Waals surface area contributed by atoms with Gasteiger partial charge in [0.15, 0.2) is 0 Å². The average molecular weight is 198 g/mol. The zero-order valence-corrected chi connectivity index (χ0v) is 8.55. The first kappa shape index (κ1) is 9.12. The molecule has 1 aliphatic heterocycles. The highest BCUT2D eigenvalue weighted by molar-refractivity contribution is 7.11. The van der Waals surface area contributed by atoms with Gasteiger partial charge in [-0.1, -0.05) is 0 Å². The number of aryl methyl sites for hydroxylation is 1. The van der Waals surface area contributed by atoms with Crippen LogP contribution in [-0.2, 0) is 6.54 Å². The summed E-state index contributed by atoms with van der Waals surface area (Å²) in [5.41, 5.74) is 0. The van der Waals surface area contributed by atoms with Gasteiger partial charge in [0.25, 0.3) is 0 Å². The fraction of sp³-hybridized carbons (Fsp3) is 0.667. The normalized spacial score (nSPS) is 24.0. The SMILES string of the molecule is Cc1cnc(CN2CC[C@H](O)C2)s1. The first-order valence-corrected chi connectivity index (χ1v) is 5.37. The minimum Gasteiger partial charge on any atom is -0.392 e. The predicted molar refractivity (Wildman–Crippen MR) is 52.8 cm³/mol. The van der Waals surface area contributed by atoms with Crippen molar-refractivity contribution in [2.45, 2.75) is 26.0 Å². The van der Waals surface area contributed by atoms with E-state index >= 15 is 0 Å². The Hall–Kier alpha value is -0.450. The highest BCUT2D eigenvalue weighted by Crippen LogP contribution is 2.17. The van der Waals surface area contributed by atoms with Gasteiger partial charge in [-0.05, 0) is 13.3 Å². The van der Waals surface area contributed by atoms with Gasteiger partial charge in [-0.25, -0.2) is 4.98 Å². The molecule has 1 aromatic rings. The van der Waals surface area contributed by atoms with E-state index in [0.29, 0.717) is 0 Å². The first-order chi connectivity index (χ1) is 6.24. The van der Waals surface area contributed by atoms with E-state index < -0.39 is 0 Å². The third kappa shape index (κ3) is 2.27. The van der Waals surface area contributed by atoms with E-state index in [4.69, 9.17) is 0 Å². The summed E-state index contributed by atoms with van der Waals surface area (Å²) in [4.78, 5) is 7.81. The largest absolute Gasteiger partial charge is 0.392 e. The molecule has 13 heavy (non-hydrogen) atoms. The van der Waals surface area contributed by atoms with Crippen molar-refractivity contribution >= 4 is 11.3 Å². The standard InChI is InChI=1S/C9H14N2OS/c1-7-4-10-9(13-7)6-11-3-2-8(12)5-11/h4,8,12H,2-3,5-6H2,1H3/t8-/m0/s1. The Kier molecular flexibility index (Phi) is 2.62. The predicted octanol–water partition coefficient (Wildman–Crippen LogP) is 1.02. The number of hydrogen-bond donors (Lipinski definition) is 1. The van der Waals surface area contributed by atoms with E-state index in [1.165, 1.54) is 4.88 Å². The molecule has 1 aromatic heterocycles. The smallest absolute Gasteiger partial charge is 0.107 e. The number of aliphatic hydroxyl groups excluding tert-OH is 1. The van der Waals surface area contributed by atoms with Crippen LogP contribution in [0.25, 0.3) is 0 Å². The summed E-state index contributed by atoms with van der Waals surface area (Å²) in [6, 6.07) is 0. The lowest BCUT2D eigenvalue weighted by Crippen LogP contribution is -2.21. The number of hydrogen-bond acceptors (Lipinski definition) is 4. The molecule has 0 bridgehead atoms. The van der Waals surface area contributed by atoms with Crippen LogP contribution in [0.1, 0.15) is 16.3 Å². The summed E-state index contributed by atoms with van der Waals surface area (Å²) < 4.78 is 0. The summed E-state index contributed by atoms with van der Waals surface area (Å²) in [6.07, 6.45) is 2.69. The monoisotopic (exact) mass is 198 g/mol. The van der Waals surface area contributed by atoms with E-state index in [2.05, 4.69) is 16.8 Å². The van der Waals surface area contributed by atoms with Crippen LogP contribution < -0.4 is 0 Å². The molecule has 72 valence electrons. The molecule has 1 aliphatic rings. The molecule has 1 fully saturated rings. The summed E-state index contributed by atoms with van der Waals surface area (Å²) in [7, 11) is 0. The van der Waals surface area contributed by atoms with Crippen LogP contribution >= 0.6 is 11.3 Å². The van der Waals surface area contributed by atoms with Crippen LogP contribution in [-0.4, -0.2) is 34.2 Å². The molecule has 1 saturated heterocycles. The van der Waals surface area contributed by atoms with Crippen molar-refractivity contribution in [1.29, 1.82) is 0 Å². The zero-order valence-electron chi connectivity index (χ0n) is 7.73. The van der Waals surface area contributed by atoms with E-state index in [1.807, 2.05) is 6.20 Å². The molecule has 3 nitrogen and oxygen atoms in total. The molecule has 0 radical (unpaired) electrons. The van der Waals surface area contributed by atoms with Gasteiger partial charge in [0.2, 0.25) is 0 Å². The van der Waals surface area contributed by atoms with Crippen LogP contribution in [0, 0.1) is 6.92 Å². The van der Waals surface area contributed by atoms with Crippen LogP contribution in [0.5, 0.6) is 0 Å². The van der Waals surface area contributed by atoms with Gasteiger partial charge in [-0.15, -0.1) is 11.3 Å². The van der Waals surface area contributed by atoms with Gasteiger partial charge in [0.05, 0.1) is 12.6 Å². The Morgan fingerprint density at radius 3 is 3.15 bits per heavy atom. The van der Waals surface area contributed by atoms with Crippen LogP contribution in [0.3, 0.4) is 0 Å². The van der Waals surface area contributed by atoms with E-state index in [1.54, 1.807) is 11.3 Å². The van der Waals surface area contributed by atoms with Crippen molar-refractivity contribution in [3.63, 3.8) is 0 Å². The lowest BCUT2D eigenvalue weighted by molar-refractivity contribution is 0.175. The van der Waals surface area contributed by atoms with Gasteiger partial charge >= 0.3 is 0 Å². The second-order valence-electron chi connectivity index (χ2n) is 3.54. The van der Waals surface area contributed by atoms with Gasteiger partial charge in [0.1, 0.15) is 5.01 Å². The lowest BCUT2D eigenvalue weighted by atomic mass is 10.3. The van der Waals surface area contributed by atoms with Crippen molar-refractivity contribution in [2.75, 3.05) is 13.1 Å². The van der Waals surface area contributed by atoms with Crippen LogP contribution in [0.15, 0.2) is 6.20 Å². The second kappa shape index (κ2) is 3.74. The van der Waals surface area contributed by atoms with Crippen molar-refractivity contribution in [3.05, 3.63) is 16.1 Å². The topological polar surface area (TPSA) is 36.4 Å². The highest BCUT2D eigenvalue weighted by Gasteiger charge is 2.20. The molecular formula is C9H14N2OS. The first-order valence-electron chi connectivity index (χ1n) is 4.56. The summed E-state index contributed by atoms with van der Waals surface area (Å²) >= 11 is 1.74. The van der Waals surface area contributed by atoms with Gasteiger partial charge in [-0.2, -0.15) is 0 Å². The Balaban J connectivity index is 1.91. The highest BCUT2D eigenvalue weighted by atomic mass is 32.1. The summed E-state index contributed by atoms with van der Waals surface area (Å²) in [5.74, 6) is 0. The van der Waals surface area contributed by atoms with Crippen molar-refractivity contribution in [3.8, 4) is 0 Å². The van der Waals surface area contributed by atoms with Gasteiger partial charge in [0, 0.05) is 24.2 Å². The van der Waals surface area contributed by atoms with Crippen LogP contribution in [0.2, 0.25) is 0 Å². The molecule has 4 heteroatoms. The summed E-state index contributed by atoms with van der Waals surface area (Å²) in [6.45, 7) is 4.77. The maximum atomic E-state index is 9.32. The van der Waals surface area contributed by atoms with Gasteiger partial charge in [-0.3, -0.25) is 4.90 Å². The van der Waals surface area contributed by atoms with Crippen molar-refractivity contribution in [1.82, 2.24) is 9.88 Å². The number of likely N-dealkylation sites (tertiary alicyclic amines) is 1. The van der Waals surface area contributed by atoms with E-state index in [9.17, 15) is 5.11 Å². The Morgan fingerprint density at radius 1 is 1.77 bits per heavy atom. The number of aromatic nitrogens is 1. The average Bonchev–Trinajstić information content (AvgIpc) is 2.62. The molecule has 0 saturated carbocycles. The Labute approximate surface area is 82.0 Å². The maximum absolute atomic E-state index is 9.32. The van der Waals surface area contributed by atoms with E-state index in [0.717, 1.165) is 31.1 Å². The van der Waals surface area contributed by atoms with Crippen molar-refractivity contribution in [2.24, 2.45) is 0 Å². The number of rotatable bonds is 2. The third-order valence-electron chi connectivity index (χ3n) is 2.28. The van der Waals surface area contributed by atoms with Crippen molar-refractivity contribution < 1.29 is 5.11 Å². The molecule has 0 unspecified atom stereocenters. The molecule has 0 aliphatic carbocycles. The molecule has 1 N–H and O–H groups in total. The lowest BCUT2D eigenvalue weighted by Gasteiger charge is -2.11. The minimum atomic E-state index is -0.124.